The van der Waals surface area contributed by atoms with Gasteiger partial charge in [-0.05, 0) is 18.7 Å². The molecule has 1 aromatic rings. The minimum absolute atomic E-state index is 0.0425. The fourth-order valence-corrected chi connectivity index (χ4v) is 2.06. The van der Waals surface area contributed by atoms with Crippen LogP contribution in [0.4, 0.5) is 8.78 Å². The van der Waals surface area contributed by atoms with Crippen LogP contribution in [0.1, 0.15) is 25.8 Å². The highest BCUT2D eigenvalue weighted by Crippen LogP contribution is 2.26. The molecule has 1 unspecified atom stereocenters. The quantitative estimate of drug-likeness (QED) is 0.778. The fourth-order valence-electron chi connectivity index (χ4n) is 2.06. The first kappa shape index (κ1) is 15.3. The molecule has 0 aliphatic rings. The Labute approximate surface area is 113 Å². The van der Waals surface area contributed by atoms with Crippen LogP contribution in [-0.2, 0) is 0 Å². The third-order valence-electron chi connectivity index (χ3n) is 3.15. The molecule has 1 atom stereocenters. The van der Waals surface area contributed by atoms with Crippen LogP contribution in [0.15, 0.2) is 36.4 Å². The zero-order valence-electron chi connectivity index (χ0n) is 11.2. The SMILES string of the molecule is CCN(CC)C(C#N)CC(=C(F)F)c1ccccc1. The number of hydrogen-bond acceptors (Lipinski definition) is 2. The summed E-state index contributed by atoms with van der Waals surface area (Å²) in [4.78, 5) is 1.88. The van der Waals surface area contributed by atoms with Crippen LogP contribution in [0, 0.1) is 11.3 Å². The second-order valence-electron chi connectivity index (χ2n) is 4.18. The van der Waals surface area contributed by atoms with E-state index in [4.69, 9.17) is 0 Å². The molecular formula is C15H18F2N2. The molecule has 0 spiro atoms. The van der Waals surface area contributed by atoms with E-state index in [2.05, 4.69) is 6.07 Å². The molecule has 1 aromatic carbocycles. The Morgan fingerprint density at radius 2 is 1.79 bits per heavy atom. The summed E-state index contributed by atoms with van der Waals surface area (Å²) in [5.74, 6) is 0. The largest absolute Gasteiger partial charge is 0.288 e. The van der Waals surface area contributed by atoms with E-state index in [1.807, 2.05) is 18.7 Å². The average Bonchev–Trinajstić information content (AvgIpc) is 2.44. The molecule has 19 heavy (non-hydrogen) atoms. The molecule has 0 fully saturated rings. The minimum Gasteiger partial charge on any atom is -0.288 e. The van der Waals surface area contributed by atoms with Crippen molar-refractivity contribution in [3.63, 3.8) is 0 Å². The summed E-state index contributed by atoms with van der Waals surface area (Å²) in [5.41, 5.74) is 0.439. The van der Waals surface area contributed by atoms with Crippen molar-refractivity contribution in [2.24, 2.45) is 0 Å². The molecule has 2 nitrogen and oxygen atoms in total. The number of hydrogen-bond donors (Lipinski definition) is 0. The van der Waals surface area contributed by atoms with E-state index in [-0.39, 0.29) is 12.0 Å². The Kier molecular flexibility index (Phi) is 6.17. The standard InChI is InChI=1S/C15H18F2N2/c1-3-19(4-2)13(11-18)10-14(15(16)17)12-8-6-5-7-9-12/h5-9,13H,3-4,10H2,1-2H3. The summed E-state index contributed by atoms with van der Waals surface area (Å²) >= 11 is 0. The van der Waals surface area contributed by atoms with Gasteiger partial charge in [-0.3, -0.25) is 4.90 Å². The fraction of sp³-hybridized carbons (Fsp3) is 0.400. The lowest BCUT2D eigenvalue weighted by molar-refractivity contribution is 0.260. The van der Waals surface area contributed by atoms with Crippen LogP contribution in [0.3, 0.4) is 0 Å². The lowest BCUT2D eigenvalue weighted by Gasteiger charge is -2.24. The van der Waals surface area contributed by atoms with Gasteiger partial charge in [0.05, 0.1) is 6.07 Å². The summed E-state index contributed by atoms with van der Waals surface area (Å²) in [6.07, 6.45) is -1.66. The molecule has 0 bridgehead atoms. The molecule has 0 heterocycles. The van der Waals surface area contributed by atoms with E-state index in [1.54, 1.807) is 30.3 Å². The van der Waals surface area contributed by atoms with Gasteiger partial charge in [0.1, 0.15) is 6.04 Å². The highest BCUT2D eigenvalue weighted by atomic mass is 19.3. The van der Waals surface area contributed by atoms with E-state index in [0.717, 1.165) is 0 Å². The molecule has 0 saturated carbocycles. The number of rotatable bonds is 6. The zero-order chi connectivity index (χ0) is 14.3. The first-order valence-corrected chi connectivity index (χ1v) is 6.37. The number of nitriles is 1. The van der Waals surface area contributed by atoms with Crippen LogP contribution < -0.4 is 0 Å². The molecule has 0 aliphatic heterocycles. The Hall–Kier alpha value is -1.73. The number of halogens is 2. The van der Waals surface area contributed by atoms with E-state index in [9.17, 15) is 14.0 Å². The highest BCUT2D eigenvalue weighted by molar-refractivity contribution is 5.66. The van der Waals surface area contributed by atoms with Crippen LogP contribution >= 0.6 is 0 Å². The van der Waals surface area contributed by atoms with Crippen molar-refractivity contribution < 1.29 is 8.78 Å². The molecule has 0 amide bonds. The van der Waals surface area contributed by atoms with Gasteiger partial charge in [-0.15, -0.1) is 0 Å². The maximum Gasteiger partial charge on any atom is 0.274 e. The second kappa shape index (κ2) is 7.65. The average molecular weight is 264 g/mol. The molecular weight excluding hydrogens is 246 g/mol. The molecule has 1 rings (SSSR count). The first-order valence-electron chi connectivity index (χ1n) is 6.37. The Balaban J connectivity index is 2.99. The smallest absolute Gasteiger partial charge is 0.274 e. The molecule has 0 radical (unpaired) electrons. The van der Waals surface area contributed by atoms with E-state index >= 15 is 0 Å². The van der Waals surface area contributed by atoms with Gasteiger partial charge in [0.15, 0.2) is 0 Å². The van der Waals surface area contributed by atoms with E-state index in [1.165, 1.54) is 0 Å². The Morgan fingerprint density at radius 1 is 1.21 bits per heavy atom. The highest BCUT2D eigenvalue weighted by Gasteiger charge is 2.20. The van der Waals surface area contributed by atoms with Gasteiger partial charge in [0.2, 0.25) is 0 Å². The maximum atomic E-state index is 13.1. The summed E-state index contributed by atoms with van der Waals surface area (Å²) < 4.78 is 26.2. The van der Waals surface area contributed by atoms with Gasteiger partial charge < -0.3 is 0 Å². The van der Waals surface area contributed by atoms with Gasteiger partial charge in [-0.1, -0.05) is 44.2 Å². The van der Waals surface area contributed by atoms with Crippen molar-refractivity contribution in [2.45, 2.75) is 26.3 Å². The van der Waals surface area contributed by atoms with Crippen LogP contribution in [0.25, 0.3) is 5.57 Å². The van der Waals surface area contributed by atoms with Gasteiger partial charge in [-0.25, -0.2) is 0 Å². The minimum atomic E-state index is -1.71. The normalized spacial score (nSPS) is 12.0. The third-order valence-corrected chi connectivity index (χ3v) is 3.15. The third kappa shape index (κ3) is 4.15. The summed E-state index contributed by atoms with van der Waals surface area (Å²) in [5, 5.41) is 9.18. The predicted molar refractivity (Wildman–Crippen MR) is 72.5 cm³/mol. The van der Waals surface area contributed by atoms with Gasteiger partial charge in [-0.2, -0.15) is 14.0 Å². The molecule has 0 N–H and O–H groups in total. The van der Waals surface area contributed by atoms with Gasteiger partial charge in [0, 0.05) is 12.0 Å². The summed E-state index contributed by atoms with van der Waals surface area (Å²) in [6.45, 7) is 5.19. The van der Waals surface area contributed by atoms with Crippen LogP contribution in [0.2, 0.25) is 0 Å². The van der Waals surface area contributed by atoms with E-state index in [0.29, 0.717) is 18.7 Å². The number of nitrogens with zero attached hydrogens (tertiary/aromatic N) is 2. The molecule has 102 valence electrons. The first-order chi connectivity index (χ1) is 9.13. The Morgan fingerprint density at radius 3 is 2.21 bits per heavy atom. The molecule has 0 aromatic heterocycles. The van der Waals surface area contributed by atoms with Gasteiger partial charge >= 0.3 is 0 Å². The maximum absolute atomic E-state index is 13.1. The molecule has 0 saturated heterocycles. The monoisotopic (exact) mass is 264 g/mol. The summed E-state index contributed by atoms with van der Waals surface area (Å²) in [6, 6.07) is 10.1. The zero-order valence-corrected chi connectivity index (χ0v) is 11.2. The lowest BCUT2D eigenvalue weighted by Crippen LogP contribution is -2.34. The number of benzene rings is 1. The van der Waals surface area contributed by atoms with Crippen molar-refractivity contribution >= 4 is 5.57 Å². The van der Waals surface area contributed by atoms with E-state index < -0.39 is 12.1 Å². The Bertz CT molecular complexity index is 455. The topological polar surface area (TPSA) is 27.0 Å². The van der Waals surface area contributed by atoms with Crippen molar-refractivity contribution in [1.29, 1.82) is 5.26 Å². The molecule has 4 heteroatoms. The van der Waals surface area contributed by atoms with Crippen LogP contribution in [-0.4, -0.2) is 24.0 Å². The predicted octanol–water partition coefficient (Wildman–Crippen LogP) is 3.92. The van der Waals surface area contributed by atoms with Crippen molar-refractivity contribution in [3.8, 4) is 6.07 Å². The van der Waals surface area contributed by atoms with Crippen molar-refractivity contribution in [1.82, 2.24) is 4.90 Å². The van der Waals surface area contributed by atoms with Crippen molar-refractivity contribution in [2.75, 3.05) is 13.1 Å². The second-order valence-corrected chi connectivity index (χ2v) is 4.18. The lowest BCUT2D eigenvalue weighted by atomic mass is 9.99. The molecule has 0 aliphatic carbocycles. The van der Waals surface area contributed by atoms with Crippen LogP contribution in [0.5, 0.6) is 0 Å². The van der Waals surface area contributed by atoms with Gasteiger partial charge in [0.25, 0.3) is 6.08 Å². The summed E-state index contributed by atoms with van der Waals surface area (Å²) in [7, 11) is 0. The van der Waals surface area contributed by atoms with Crippen molar-refractivity contribution in [3.05, 3.63) is 42.0 Å².